The molecule has 1 aromatic rings. The molecule has 1 aromatic carbocycles. The Hall–Kier alpha value is -2.10. The molecule has 147 valence electrons. The summed E-state index contributed by atoms with van der Waals surface area (Å²) in [6.45, 7) is 1.05. The van der Waals surface area contributed by atoms with Crippen molar-refractivity contribution in [3.63, 3.8) is 0 Å². The number of hydrogen-bond acceptors (Lipinski definition) is 4. The van der Waals surface area contributed by atoms with Crippen molar-refractivity contribution in [3.8, 4) is 0 Å². The molecule has 0 unspecified atom stereocenters. The zero-order valence-electron chi connectivity index (χ0n) is 13.8. The smallest absolute Gasteiger partial charge is 0.300 e. The Morgan fingerprint density at radius 1 is 1.08 bits per heavy atom. The van der Waals surface area contributed by atoms with Gasteiger partial charge in [0.15, 0.2) is 0 Å². The Labute approximate surface area is 162 Å². The van der Waals surface area contributed by atoms with E-state index in [1.54, 1.807) is 12.4 Å². The quantitative estimate of drug-likeness (QED) is 0.477. The van der Waals surface area contributed by atoms with Gasteiger partial charge < -0.3 is 21.5 Å². The number of aliphatic carboxylic acids is 1. The van der Waals surface area contributed by atoms with Crippen molar-refractivity contribution < 1.29 is 39.9 Å². The van der Waals surface area contributed by atoms with Crippen molar-refractivity contribution in [1.29, 1.82) is 0 Å². The van der Waals surface area contributed by atoms with Crippen LogP contribution < -0.4 is 16.2 Å². The Balaban J connectivity index is 0.000000446. The molecule has 2 aliphatic rings. The number of nitrogens with two attached hydrogens (primary N) is 1. The van der Waals surface area contributed by atoms with Gasteiger partial charge in [-0.3, -0.25) is 9.35 Å². The minimum atomic E-state index is -3.80. The molecule has 8 nitrogen and oxygen atoms in total. The molecule has 0 saturated carbocycles. The van der Waals surface area contributed by atoms with Gasteiger partial charge in [0.1, 0.15) is 0 Å². The predicted molar refractivity (Wildman–Crippen MR) is 97.7 cm³/mol. The number of carboxylic acids is 1. The zero-order chi connectivity index (χ0) is 18.9. The first-order valence-corrected chi connectivity index (χ1v) is 8.78. The van der Waals surface area contributed by atoms with Crippen LogP contribution in [0.4, 0.5) is 11.4 Å². The Kier molecular flexibility index (Phi) is 10.6. The van der Waals surface area contributed by atoms with Gasteiger partial charge in [-0.1, -0.05) is 36.4 Å². The van der Waals surface area contributed by atoms with Crippen molar-refractivity contribution in [2.75, 3.05) is 12.3 Å². The molecule has 4 N–H and O–H groups in total. The van der Waals surface area contributed by atoms with Gasteiger partial charge in [0.25, 0.3) is 16.1 Å². The molecular weight excluding hydrogens is 410 g/mol. The molecule has 0 amide bonds. The van der Waals surface area contributed by atoms with Gasteiger partial charge in [-0.2, -0.15) is 20.8 Å². The third-order valence-corrected chi connectivity index (χ3v) is 3.47. The van der Waals surface area contributed by atoms with Crippen LogP contribution in [0, 0.1) is 0 Å². The Morgan fingerprint density at radius 2 is 1.46 bits per heavy atom. The van der Waals surface area contributed by atoms with Crippen LogP contribution in [0.5, 0.6) is 0 Å². The molecule has 1 radical (unpaired) electrons. The van der Waals surface area contributed by atoms with E-state index in [1.807, 2.05) is 12.2 Å². The van der Waals surface area contributed by atoms with Crippen molar-refractivity contribution in [2.45, 2.75) is 6.92 Å². The minimum absolute atomic E-state index is 0. The second-order valence-electron chi connectivity index (χ2n) is 4.81. The normalized spacial score (nSPS) is 12.4. The first kappa shape index (κ1) is 23.9. The second-order valence-corrected chi connectivity index (χ2v) is 6.38. The van der Waals surface area contributed by atoms with Gasteiger partial charge in [-0.05, 0) is 10.4 Å². The molecule has 0 aromatic heterocycles. The molecule has 0 atom stereocenters. The van der Waals surface area contributed by atoms with Crippen LogP contribution >= 0.6 is 0 Å². The Bertz CT molecular complexity index is 840. The molecule has 0 bridgehead atoms. The largest absolute Gasteiger partial charge is 0.665 e. The van der Waals surface area contributed by atoms with E-state index in [0.717, 1.165) is 28.7 Å². The topological polar surface area (TPSA) is 146 Å². The number of hydrogen-bond donors (Lipinski definition) is 3. The summed E-state index contributed by atoms with van der Waals surface area (Å²) in [5, 5.41) is 18.4. The molecule has 26 heavy (non-hydrogen) atoms. The van der Waals surface area contributed by atoms with Gasteiger partial charge in [-0.25, -0.2) is 0 Å². The number of allylic oxidation sites excluding steroid dienone is 2. The molecule has 10 heteroatoms. The van der Waals surface area contributed by atoms with Gasteiger partial charge in [-0.15, -0.1) is 11.4 Å². The summed E-state index contributed by atoms with van der Waals surface area (Å²) in [4.78, 5) is 9.00. The summed E-state index contributed by atoms with van der Waals surface area (Å²) in [5.41, 5.74) is 6.73. The minimum Gasteiger partial charge on any atom is -0.665 e. The summed E-state index contributed by atoms with van der Waals surface area (Å²) in [6, 6.07) is 4.15. The van der Waals surface area contributed by atoms with E-state index in [4.69, 9.17) is 20.2 Å². The summed E-state index contributed by atoms with van der Waals surface area (Å²) >= 11 is 0. The number of carboxylic acid groups (broad SMARTS) is 1. The summed E-state index contributed by atoms with van der Waals surface area (Å²) in [6.07, 6.45) is 11.6. The van der Waals surface area contributed by atoms with Crippen molar-refractivity contribution in [3.05, 3.63) is 57.8 Å². The fourth-order valence-electron chi connectivity index (χ4n) is 1.83. The van der Waals surface area contributed by atoms with E-state index >= 15 is 0 Å². The molecular formula is C16H19CuN3O5S-2. The van der Waals surface area contributed by atoms with Crippen LogP contribution in [0.1, 0.15) is 6.92 Å². The molecule has 2 heterocycles. The third kappa shape index (κ3) is 8.84. The summed E-state index contributed by atoms with van der Waals surface area (Å²) < 4.78 is 27.3. The fourth-order valence-corrected chi connectivity index (χ4v) is 2.13. The van der Waals surface area contributed by atoms with Crippen LogP contribution in [0.25, 0.3) is 22.8 Å². The van der Waals surface area contributed by atoms with Crippen LogP contribution in [-0.2, 0) is 32.0 Å². The molecule has 0 spiro atoms. The number of rotatable bonds is 2. The van der Waals surface area contributed by atoms with Crippen LogP contribution in [-0.4, -0.2) is 36.3 Å². The van der Waals surface area contributed by atoms with Gasteiger partial charge in [0, 0.05) is 30.5 Å². The van der Waals surface area contributed by atoms with E-state index in [0.29, 0.717) is 0 Å². The molecule has 0 fully saturated rings. The predicted octanol–water partition coefficient (Wildman–Crippen LogP) is 1.23. The van der Waals surface area contributed by atoms with Crippen molar-refractivity contribution >= 4 is 39.6 Å². The summed E-state index contributed by atoms with van der Waals surface area (Å²) in [7, 11) is -3.80. The number of nitrogens with zero attached hydrogens (tertiary/aromatic N) is 2. The SMILES string of the molecule is C1=C[N-]c2c3c(ccc2=C1)=CC=C[N-]3.CC(=O)O.NCCS(=O)(=O)O.[Cu]. The molecule has 2 aliphatic heterocycles. The average Bonchev–Trinajstić information content (AvgIpc) is 2.54. The van der Waals surface area contributed by atoms with E-state index < -0.39 is 16.1 Å². The maximum absolute atomic E-state index is 9.71. The van der Waals surface area contributed by atoms with Gasteiger partial charge in [0.2, 0.25) is 0 Å². The van der Waals surface area contributed by atoms with Crippen LogP contribution in [0.2, 0.25) is 0 Å². The molecule has 0 aliphatic carbocycles. The van der Waals surface area contributed by atoms with Crippen molar-refractivity contribution in [1.82, 2.24) is 0 Å². The van der Waals surface area contributed by atoms with E-state index in [2.05, 4.69) is 34.9 Å². The first-order valence-electron chi connectivity index (χ1n) is 7.18. The third-order valence-electron chi connectivity index (χ3n) is 2.72. The molecule has 0 saturated heterocycles. The average molecular weight is 429 g/mol. The fraction of sp³-hybridized carbons (Fsp3) is 0.188. The van der Waals surface area contributed by atoms with Gasteiger partial charge in [0.05, 0.1) is 5.75 Å². The van der Waals surface area contributed by atoms with E-state index in [-0.39, 0.29) is 29.4 Å². The van der Waals surface area contributed by atoms with Crippen molar-refractivity contribution in [2.24, 2.45) is 5.73 Å². The second kappa shape index (κ2) is 11.5. The number of carbonyl (C=O) groups is 1. The first-order chi connectivity index (χ1) is 11.7. The molecule has 3 rings (SSSR count). The van der Waals surface area contributed by atoms with E-state index in [9.17, 15) is 8.42 Å². The zero-order valence-corrected chi connectivity index (χ0v) is 15.6. The maximum Gasteiger partial charge on any atom is 0.300 e. The number of fused-ring (bicyclic) bond motifs is 3. The van der Waals surface area contributed by atoms with E-state index in [1.165, 1.54) is 0 Å². The standard InChI is InChI=1S/C12H8N2.C2H7NO3S.C2H4O2.Cu/c1-3-9-5-6-10-4-2-8-14-12(10)11(9)13-7-1;3-1-2-7(4,5)6;1-2(3)4;/h1-8H;1-3H2,(H,4,5,6);1H3,(H,3,4);/q-2;;;. The van der Waals surface area contributed by atoms with Crippen LogP contribution in [0.3, 0.4) is 0 Å². The summed E-state index contributed by atoms with van der Waals surface area (Å²) in [5.74, 6) is -1.19. The van der Waals surface area contributed by atoms with Gasteiger partial charge >= 0.3 is 0 Å². The monoisotopic (exact) mass is 428 g/mol. The van der Waals surface area contributed by atoms with Crippen LogP contribution in [0.15, 0.2) is 36.7 Å². The number of benzene rings is 1. The Morgan fingerprint density at radius 3 is 1.73 bits per heavy atom. The maximum atomic E-state index is 9.71.